The van der Waals surface area contributed by atoms with Gasteiger partial charge in [-0.3, -0.25) is 10.1 Å². The van der Waals surface area contributed by atoms with Gasteiger partial charge in [0.25, 0.3) is 5.91 Å². The first-order valence-corrected chi connectivity index (χ1v) is 3.16. The first-order chi connectivity index (χ1) is 5.27. The van der Waals surface area contributed by atoms with E-state index in [-0.39, 0.29) is 5.91 Å². The lowest BCUT2D eigenvalue weighted by atomic mass is 10.2. The van der Waals surface area contributed by atoms with Crippen molar-refractivity contribution in [2.45, 2.75) is 12.2 Å². The molecule has 0 bridgehead atoms. The Bertz CT molecular complexity index is 249. The Kier molecular flexibility index (Phi) is 1.09. The number of urea groups is 1. The largest absolute Gasteiger partial charge is 0.362 e. The van der Waals surface area contributed by atoms with Gasteiger partial charge in [-0.05, 0) is 0 Å². The lowest BCUT2D eigenvalue weighted by Gasteiger charge is -2.23. The highest BCUT2D eigenvalue weighted by Crippen LogP contribution is 2.04. The average Bonchev–Trinajstić information content (AvgIpc) is 2.34. The lowest BCUT2D eigenvalue weighted by molar-refractivity contribution is -0.122. The summed E-state index contributed by atoms with van der Waals surface area (Å²) in [6.45, 7) is 0. The zero-order valence-electron chi connectivity index (χ0n) is 5.50. The number of carbonyl (C=O) groups is 2. The second-order valence-corrected chi connectivity index (χ2v) is 2.33. The molecule has 1 saturated heterocycles. The summed E-state index contributed by atoms with van der Waals surface area (Å²) in [5, 5.41) is 7.31. The Morgan fingerprint density at radius 3 is 3.09 bits per heavy atom. The molecule has 6 nitrogen and oxygen atoms in total. The number of rotatable bonds is 0. The van der Waals surface area contributed by atoms with E-state index in [4.69, 9.17) is 0 Å². The smallest absolute Gasteiger partial charge is 0.323 e. The third-order valence-corrected chi connectivity index (χ3v) is 1.60. The van der Waals surface area contributed by atoms with Crippen LogP contribution in [0.2, 0.25) is 0 Å². The summed E-state index contributed by atoms with van der Waals surface area (Å²) in [5.41, 5.74) is 0. The molecule has 11 heavy (non-hydrogen) atoms. The van der Waals surface area contributed by atoms with Gasteiger partial charge in [0.15, 0.2) is 6.17 Å². The molecule has 0 radical (unpaired) electrons. The minimum Gasteiger partial charge on any atom is -0.362 e. The van der Waals surface area contributed by atoms with Crippen LogP contribution in [0.1, 0.15) is 0 Å². The number of hydrogen-bond acceptors (Lipinski definition) is 4. The van der Waals surface area contributed by atoms with Crippen LogP contribution in [0.5, 0.6) is 0 Å². The number of hydrogen-bond donors (Lipinski definition) is 3. The van der Waals surface area contributed by atoms with Crippen molar-refractivity contribution in [2.24, 2.45) is 4.99 Å². The molecule has 2 aliphatic rings. The molecule has 0 saturated carbocycles. The van der Waals surface area contributed by atoms with Gasteiger partial charge >= 0.3 is 6.03 Å². The van der Waals surface area contributed by atoms with Crippen LogP contribution in [0.15, 0.2) is 4.99 Å². The molecule has 0 aliphatic carbocycles. The second-order valence-electron chi connectivity index (χ2n) is 2.33. The van der Waals surface area contributed by atoms with Crippen LogP contribution in [-0.2, 0) is 4.79 Å². The van der Waals surface area contributed by atoms with Gasteiger partial charge in [-0.25, -0.2) is 9.79 Å². The monoisotopic (exact) mass is 154 g/mol. The van der Waals surface area contributed by atoms with Crippen molar-refractivity contribution in [1.29, 1.82) is 0 Å². The van der Waals surface area contributed by atoms with Gasteiger partial charge in [0.1, 0.15) is 6.04 Å². The van der Waals surface area contributed by atoms with E-state index in [0.29, 0.717) is 0 Å². The molecule has 1 fully saturated rings. The van der Waals surface area contributed by atoms with E-state index in [1.54, 1.807) is 0 Å². The molecule has 58 valence electrons. The third-order valence-electron chi connectivity index (χ3n) is 1.60. The Hall–Kier alpha value is -1.59. The zero-order chi connectivity index (χ0) is 7.84. The fourth-order valence-electron chi connectivity index (χ4n) is 1.08. The molecule has 0 aromatic heterocycles. The fourth-order valence-corrected chi connectivity index (χ4v) is 1.08. The number of nitrogens with one attached hydrogen (secondary N) is 3. The number of carbonyl (C=O) groups excluding carboxylic acids is 2. The van der Waals surface area contributed by atoms with Crippen LogP contribution in [0, 0.1) is 0 Å². The first kappa shape index (κ1) is 6.14. The zero-order valence-corrected chi connectivity index (χ0v) is 5.50. The van der Waals surface area contributed by atoms with Crippen LogP contribution in [0.3, 0.4) is 0 Å². The lowest BCUT2D eigenvalue weighted by Crippen LogP contribution is -2.62. The second kappa shape index (κ2) is 1.94. The summed E-state index contributed by atoms with van der Waals surface area (Å²) in [4.78, 5) is 25.5. The molecule has 3 amide bonds. The molecular formula is C5H6N4O2. The topological polar surface area (TPSA) is 82.6 Å². The standard InChI is InChI=1S/C5H6N4O2/c10-4-2-3(7-1-6-2)8-5(11)9-4/h1-3H,(H,6,7)(H2,8,9,10,11)/t2-,3+/m1/s1. The van der Waals surface area contributed by atoms with Crippen molar-refractivity contribution >= 4 is 18.3 Å². The molecule has 6 heteroatoms. The highest BCUT2D eigenvalue weighted by Gasteiger charge is 2.36. The number of nitrogens with zero attached hydrogens (tertiary/aromatic N) is 1. The van der Waals surface area contributed by atoms with Gasteiger partial charge in [-0.1, -0.05) is 0 Å². The normalized spacial score (nSPS) is 33.8. The molecule has 2 rings (SSSR count). The van der Waals surface area contributed by atoms with Crippen molar-refractivity contribution in [3.63, 3.8) is 0 Å². The number of fused-ring (bicyclic) bond motifs is 1. The van der Waals surface area contributed by atoms with Gasteiger partial charge in [-0.2, -0.15) is 0 Å². The fraction of sp³-hybridized carbons (Fsp3) is 0.400. The van der Waals surface area contributed by atoms with Crippen molar-refractivity contribution in [3.05, 3.63) is 0 Å². The van der Waals surface area contributed by atoms with E-state index < -0.39 is 18.2 Å². The summed E-state index contributed by atoms with van der Waals surface area (Å²) in [6, 6.07) is -0.926. The Balaban J connectivity index is 2.20. The van der Waals surface area contributed by atoms with E-state index in [2.05, 4.69) is 20.9 Å². The van der Waals surface area contributed by atoms with Crippen LogP contribution in [0.25, 0.3) is 0 Å². The maximum atomic E-state index is 11.0. The summed E-state index contributed by atoms with van der Waals surface area (Å²) in [5.74, 6) is -0.337. The van der Waals surface area contributed by atoms with Gasteiger partial charge in [-0.15, -0.1) is 0 Å². The molecule has 0 aromatic rings. The third kappa shape index (κ3) is 0.830. The highest BCUT2D eigenvalue weighted by molar-refractivity contribution is 6.01. The van der Waals surface area contributed by atoms with Gasteiger partial charge in [0.05, 0.1) is 6.34 Å². The van der Waals surface area contributed by atoms with Crippen molar-refractivity contribution < 1.29 is 9.59 Å². The molecule has 0 spiro atoms. The predicted octanol–water partition coefficient (Wildman–Crippen LogP) is -1.85. The Morgan fingerprint density at radius 2 is 2.27 bits per heavy atom. The van der Waals surface area contributed by atoms with Crippen LogP contribution in [0.4, 0.5) is 4.79 Å². The summed E-state index contributed by atoms with van der Waals surface area (Å²) in [7, 11) is 0. The summed E-state index contributed by atoms with van der Waals surface area (Å²) in [6.07, 6.45) is 0.983. The maximum absolute atomic E-state index is 11.0. The van der Waals surface area contributed by atoms with Crippen LogP contribution in [-0.4, -0.2) is 30.5 Å². The molecule has 2 atom stereocenters. The molecule has 2 heterocycles. The molecule has 2 aliphatic heterocycles. The minimum absolute atomic E-state index is 0.337. The molecular weight excluding hydrogens is 148 g/mol. The maximum Gasteiger partial charge on any atom is 0.323 e. The number of imide groups is 1. The predicted molar refractivity (Wildman–Crippen MR) is 35.9 cm³/mol. The molecule has 0 aromatic carbocycles. The number of aliphatic imine (C=N–C) groups is 1. The SMILES string of the molecule is O=C1NC(=O)[C@@H]2NC=N[C@H]2N1. The van der Waals surface area contributed by atoms with Crippen LogP contribution < -0.4 is 16.0 Å². The van der Waals surface area contributed by atoms with Gasteiger partial charge in [0, 0.05) is 0 Å². The van der Waals surface area contributed by atoms with E-state index in [9.17, 15) is 9.59 Å². The summed E-state index contributed by atoms with van der Waals surface area (Å²) < 4.78 is 0. The van der Waals surface area contributed by atoms with E-state index >= 15 is 0 Å². The minimum atomic E-state index is -0.489. The summed E-state index contributed by atoms with van der Waals surface area (Å²) >= 11 is 0. The average molecular weight is 154 g/mol. The van der Waals surface area contributed by atoms with Gasteiger partial charge < -0.3 is 10.6 Å². The Labute approximate surface area is 62.1 Å². The van der Waals surface area contributed by atoms with E-state index in [1.807, 2.05) is 0 Å². The molecule has 0 unspecified atom stereocenters. The van der Waals surface area contributed by atoms with Gasteiger partial charge in [0.2, 0.25) is 0 Å². The quantitative estimate of drug-likeness (QED) is 0.383. The Morgan fingerprint density at radius 1 is 1.45 bits per heavy atom. The van der Waals surface area contributed by atoms with Crippen LogP contribution >= 0.6 is 0 Å². The van der Waals surface area contributed by atoms with E-state index in [1.165, 1.54) is 6.34 Å². The van der Waals surface area contributed by atoms with E-state index in [0.717, 1.165) is 0 Å². The van der Waals surface area contributed by atoms with Crippen molar-refractivity contribution in [1.82, 2.24) is 16.0 Å². The molecule has 3 N–H and O–H groups in total. The highest BCUT2D eigenvalue weighted by atomic mass is 16.2. The first-order valence-electron chi connectivity index (χ1n) is 3.16. The van der Waals surface area contributed by atoms with Crippen molar-refractivity contribution in [3.8, 4) is 0 Å². The van der Waals surface area contributed by atoms with Crippen molar-refractivity contribution in [2.75, 3.05) is 0 Å². The number of amides is 3.